The van der Waals surface area contributed by atoms with Crippen LogP contribution in [0, 0.1) is 0 Å². The quantitative estimate of drug-likeness (QED) is 0.391. The Hall–Kier alpha value is -2.99. The smallest absolute Gasteiger partial charge is 0.326 e. The summed E-state index contributed by atoms with van der Waals surface area (Å²) in [7, 11) is 0. The molecule has 0 fully saturated rings. The number of fused-ring (bicyclic) bond motifs is 1. The van der Waals surface area contributed by atoms with Crippen molar-refractivity contribution >= 4 is 22.8 Å². The molecule has 0 aliphatic carbocycles. The van der Waals surface area contributed by atoms with Crippen LogP contribution in [0.2, 0.25) is 0 Å². The summed E-state index contributed by atoms with van der Waals surface area (Å²) in [6, 6.07) is 6.05. The van der Waals surface area contributed by atoms with Crippen LogP contribution >= 0.6 is 0 Å². The lowest BCUT2D eigenvalue weighted by Gasteiger charge is -2.15. The molecule has 8 nitrogen and oxygen atoms in total. The van der Waals surface area contributed by atoms with Crippen molar-refractivity contribution in [2.45, 2.75) is 38.3 Å². The van der Waals surface area contributed by atoms with E-state index >= 15 is 0 Å². The van der Waals surface area contributed by atoms with Gasteiger partial charge in [0.25, 0.3) is 0 Å². The lowest BCUT2D eigenvalue weighted by atomic mass is 10.0. The molecule has 8 heteroatoms. The number of azide groups is 1. The van der Waals surface area contributed by atoms with Gasteiger partial charge in [-0.05, 0) is 23.6 Å². The maximum Gasteiger partial charge on any atom is 0.326 e. The van der Waals surface area contributed by atoms with E-state index in [0.29, 0.717) is 6.42 Å². The zero-order valence-corrected chi connectivity index (χ0v) is 13.3. The van der Waals surface area contributed by atoms with Gasteiger partial charge in [-0.1, -0.05) is 30.2 Å². The number of carbonyl (C=O) groups is 2. The number of nitrogens with zero attached hydrogens (tertiary/aromatic N) is 3. The Morgan fingerprint density at radius 1 is 1.42 bits per heavy atom. The van der Waals surface area contributed by atoms with Crippen molar-refractivity contribution in [1.82, 2.24) is 10.3 Å². The van der Waals surface area contributed by atoms with Crippen LogP contribution in [0.5, 0.6) is 0 Å². The summed E-state index contributed by atoms with van der Waals surface area (Å²) < 4.78 is 0. The van der Waals surface area contributed by atoms with Crippen molar-refractivity contribution in [3.63, 3.8) is 0 Å². The van der Waals surface area contributed by atoms with Gasteiger partial charge in [0.05, 0.1) is 0 Å². The first-order valence-electron chi connectivity index (χ1n) is 7.66. The molecule has 2 aromatic rings. The number of carboxylic acid groups (broad SMARTS) is 1. The van der Waals surface area contributed by atoms with E-state index < -0.39 is 24.0 Å². The number of amides is 1. The van der Waals surface area contributed by atoms with Gasteiger partial charge in [0.15, 0.2) is 0 Å². The number of aromatic nitrogens is 1. The lowest BCUT2D eigenvalue weighted by Crippen LogP contribution is -2.43. The molecule has 3 N–H and O–H groups in total. The van der Waals surface area contributed by atoms with Crippen LogP contribution in [0.4, 0.5) is 0 Å². The molecule has 0 bridgehead atoms. The molecule has 1 aromatic heterocycles. The van der Waals surface area contributed by atoms with Gasteiger partial charge in [-0.15, -0.1) is 0 Å². The van der Waals surface area contributed by atoms with Gasteiger partial charge in [0.1, 0.15) is 6.04 Å². The first kappa shape index (κ1) is 17.4. The molecule has 2 atom stereocenters. The lowest BCUT2D eigenvalue weighted by molar-refractivity contribution is -0.141. The highest BCUT2D eigenvalue weighted by Crippen LogP contribution is 2.19. The molecule has 126 valence electrons. The van der Waals surface area contributed by atoms with E-state index in [-0.39, 0.29) is 12.8 Å². The second-order valence-electron chi connectivity index (χ2n) is 5.49. The topological polar surface area (TPSA) is 131 Å². The molecule has 0 aliphatic heterocycles. The number of benzene rings is 1. The molecular formula is C16H19N5O3. The maximum atomic E-state index is 12.0. The highest BCUT2D eigenvalue weighted by atomic mass is 16.4. The average Bonchev–Trinajstić information content (AvgIpc) is 2.97. The molecule has 0 radical (unpaired) electrons. The van der Waals surface area contributed by atoms with Crippen LogP contribution in [-0.2, 0) is 16.0 Å². The van der Waals surface area contributed by atoms with Crippen molar-refractivity contribution in [1.29, 1.82) is 0 Å². The largest absolute Gasteiger partial charge is 0.480 e. The van der Waals surface area contributed by atoms with Gasteiger partial charge in [-0.25, -0.2) is 4.79 Å². The number of carboxylic acids is 1. The van der Waals surface area contributed by atoms with Crippen molar-refractivity contribution in [2.75, 3.05) is 0 Å². The first-order chi connectivity index (χ1) is 11.5. The molecule has 2 rings (SSSR count). The number of nitrogens with one attached hydrogen (secondary N) is 2. The molecule has 24 heavy (non-hydrogen) atoms. The Labute approximate surface area is 138 Å². The van der Waals surface area contributed by atoms with Crippen molar-refractivity contribution < 1.29 is 14.7 Å². The normalized spacial score (nSPS) is 13.0. The fraction of sp³-hybridized carbons (Fsp3) is 0.375. The monoisotopic (exact) mass is 329 g/mol. The summed E-state index contributed by atoms with van der Waals surface area (Å²) in [5.74, 6) is -1.55. The Kier molecular flexibility index (Phi) is 5.81. The van der Waals surface area contributed by atoms with Crippen molar-refractivity contribution in [3.8, 4) is 0 Å². The SMILES string of the molecule is CCC(CC(=O)N[C@@H](Cc1c[nH]c2ccccc12)C(=O)O)N=[N+]=[N-]. The standard InChI is InChI=1S/C16H19N5O3/c1-2-11(20-21-17)8-15(22)19-14(16(23)24)7-10-9-18-13-6-4-3-5-12(10)13/h3-6,9,11,14,18H,2,7-8H2,1H3,(H,19,22)(H,23,24)/t11?,14-/m0/s1. The van der Waals surface area contributed by atoms with Crippen molar-refractivity contribution in [3.05, 3.63) is 46.5 Å². The third kappa shape index (κ3) is 4.27. The van der Waals surface area contributed by atoms with Crippen molar-refractivity contribution in [2.24, 2.45) is 5.11 Å². The van der Waals surface area contributed by atoms with E-state index in [1.54, 1.807) is 13.1 Å². The van der Waals surface area contributed by atoms with Gasteiger partial charge in [-0.3, -0.25) is 4.79 Å². The van der Waals surface area contributed by atoms with Crippen LogP contribution < -0.4 is 5.32 Å². The summed E-state index contributed by atoms with van der Waals surface area (Å²) in [4.78, 5) is 29.3. The predicted octanol–water partition coefficient (Wildman–Crippen LogP) is 2.76. The molecular weight excluding hydrogens is 310 g/mol. The maximum absolute atomic E-state index is 12.0. The zero-order chi connectivity index (χ0) is 17.5. The molecule has 1 amide bonds. The summed E-state index contributed by atoms with van der Waals surface area (Å²) in [6.45, 7) is 1.80. The minimum atomic E-state index is -1.11. The number of aromatic amines is 1. The van der Waals surface area contributed by atoms with E-state index in [2.05, 4.69) is 20.3 Å². The number of aliphatic carboxylic acids is 1. The third-order valence-electron chi connectivity index (χ3n) is 3.84. The number of hydrogen-bond acceptors (Lipinski definition) is 3. The molecule has 0 saturated carbocycles. The minimum absolute atomic E-state index is 0.0295. The molecule has 1 aromatic carbocycles. The molecule has 0 aliphatic rings. The highest BCUT2D eigenvalue weighted by Gasteiger charge is 2.22. The number of para-hydroxylation sites is 1. The van der Waals surface area contributed by atoms with E-state index in [1.807, 2.05) is 24.3 Å². The predicted molar refractivity (Wildman–Crippen MR) is 89.4 cm³/mol. The fourth-order valence-corrected chi connectivity index (χ4v) is 2.53. The van der Waals surface area contributed by atoms with E-state index in [9.17, 15) is 14.7 Å². The van der Waals surface area contributed by atoms with Crippen LogP contribution in [0.25, 0.3) is 21.3 Å². The summed E-state index contributed by atoms with van der Waals surface area (Å²) in [5, 5.41) is 16.3. The number of carbonyl (C=O) groups excluding carboxylic acids is 1. The van der Waals surface area contributed by atoms with Crippen LogP contribution in [0.15, 0.2) is 35.6 Å². The van der Waals surface area contributed by atoms with E-state index in [0.717, 1.165) is 16.5 Å². The van der Waals surface area contributed by atoms with Crippen LogP contribution in [0.1, 0.15) is 25.3 Å². The van der Waals surface area contributed by atoms with Crippen LogP contribution in [-0.4, -0.2) is 34.1 Å². The fourth-order valence-electron chi connectivity index (χ4n) is 2.53. The third-order valence-corrected chi connectivity index (χ3v) is 3.84. The Morgan fingerprint density at radius 3 is 2.83 bits per heavy atom. The second-order valence-corrected chi connectivity index (χ2v) is 5.49. The Morgan fingerprint density at radius 2 is 2.17 bits per heavy atom. The molecule has 0 saturated heterocycles. The Bertz CT molecular complexity index is 779. The van der Waals surface area contributed by atoms with E-state index in [1.165, 1.54) is 0 Å². The molecule has 1 unspecified atom stereocenters. The number of hydrogen-bond donors (Lipinski definition) is 3. The first-order valence-corrected chi connectivity index (χ1v) is 7.66. The van der Waals surface area contributed by atoms with Crippen LogP contribution in [0.3, 0.4) is 0 Å². The van der Waals surface area contributed by atoms with Gasteiger partial charge in [0, 0.05) is 40.9 Å². The van der Waals surface area contributed by atoms with Gasteiger partial charge in [0.2, 0.25) is 5.91 Å². The summed E-state index contributed by atoms with van der Waals surface area (Å²) in [6.07, 6.45) is 2.40. The molecule has 0 spiro atoms. The van der Waals surface area contributed by atoms with Gasteiger partial charge < -0.3 is 15.4 Å². The summed E-state index contributed by atoms with van der Waals surface area (Å²) >= 11 is 0. The highest BCUT2D eigenvalue weighted by molar-refractivity contribution is 5.86. The van der Waals surface area contributed by atoms with Gasteiger partial charge >= 0.3 is 5.97 Å². The van der Waals surface area contributed by atoms with E-state index in [4.69, 9.17) is 5.53 Å². The minimum Gasteiger partial charge on any atom is -0.480 e. The molecule has 1 heterocycles. The number of H-pyrrole nitrogens is 1. The Balaban J connectivity index is 2.08. The van der Waals surface area contributed by atoms with Gasteiger partial charge in [-0.2, -0.15) is 0 Å². The zero-order valence-electron chi connectivity index (χ0n) is 13.3. The second kappa shape index (κ2) is 8.03. The summed E-state index contributed by atoms with van der Waals surface area (Å²) in [5.41, 5.74) is 10.2. The average molecular weight is 329 g/mol. The number of rotatable bonds is 8.